The van der Waals surface area contributed by atoms with Gasteiger partial charge >= 0.3 is 0 Å². The minimum absolute atomic E-state index is 0.0150. The van der Waals surface area contributed by atoms with Gasteiger partial charge in [0.25, 0.3) is 5.69 Å². The summed E-state index contributed by atoms with van der Waals surface area (Å²) < 4.78 is 25.9. The average molecular weight is 351 g/mol. The van der Waals surface area contributed by atoms with Gasteiger partial charge in [0.15, 0.2) is 0 Å². The second kappa shape index (κ2) is 6.44. The molecule has 0 aliphatic carbocycles. The zero-order chi connectivity index (χ0) is 14.6. The molecule has 106 valence electrons. The van der Waals surface area contributed by atoms with Crippen LogP contribution in [0.25, 0.3) is 0 Å². The van der Waals surface area contributed by atoms with Crippen LogP contribution in [0.2, 0.25) is 0 Å². The molecule has 0 amide bonds. The predicted molar refractivity (Wildman–Crippen MR) is 76.1 cm³/mol. The fourth-order valence-electron chi connectivity index (χ4n) is 1.55. The minimum Gasteiger partial charge on any atom is -0.258 e. The Bertz CT molecular complexity index is 574. The molecule has 6 nitrogen and oxygen atoms in total. The maximum absolute atomic E-state index is 12.3. The van der Waals surface area contributed by atoms with Gasteiger partial charge in [-0.05, 0) is 18.9 Å². The summed E-state index contributed by atoms with van der Waals surface area (Å²) in [5.41, 5.74) is 0.273. The number of hydrogen-bond acceptors (Lipinski definition) is 4. The number of non-ortho nitro benzene ring substituents is 1. The van der Waals surface area contributed by atoms with Gasteiger partial charge in [0.2, 0.25) is 10.0 Å². The van der Waals surface area contributed by atoms with Gasteiger partial charge in [-0.1, -0.05) is 22.0 Å². The number of nitro benzene ring substituents is 1. The Hall–Kier alpha value is -0.990. The number of aryl methyl sites for hydroxylation is 1. The van der Waals surface area contributed by atoms with Crippen molar-refractivity contribution in [2.24, 2.45) is 0 Å². The van der Waals surface area contributed by atoms with Gasteiger partial charge in [-0.3, -0.25) is 10.1 Å². The first kappa shape index (κ1) is 16.1. The lowest BCUT2D eigenvalue weighted by Crippen LogP contribution is -2.28. The van der Waals surface area contributed by atoms with E-state index in [-0.39, 0.29) is 10.6 Å². The van der Waals surface area contributed by atoms with E-state index in [1.165, 1.54) is 23.5 Å². The molecular formula is C11H15BrN2O4S. The fraction of sp³-hybridized carbons (Fsp3) is 0.455. The highest BCUT2D eigenvalue weighted by molar-refractivity contribution is 9.09. The number of nitrogens with zero attached hydrogens (tertiary/aromatic N) is 2. The molecule has 0 fully saturated rings. The molecule has 8 heteroatoms. The minimum atomic E-state index is -3.69. The SMILES string of the molecule is Cc1ccc([N+](=O)[O-])cc1S(=O)(=O)N(C)CCCBr. The number of alkyl halides is 1. The van der Waals surface area contributed by atoms with Crippen LogP contribution >= 0.6 is 15.9 Å². The van der Waals surface area contributed by atoms with Crippen molar-refractivity contribution in [1.29, 1.82) is 0 Å². The van der Waals surface area contributed by atoms with Crippen LogP contribution in [0.4, 0.5) is 5.69 Å². The highest BCUT2D eigenvalue weighted by Crippen LogP contribution is 2.24. The van der Waals surface area contributed by atoms with Crippen molar-refractivity contribution in [3.05, 3.63) is 33.9 Å². The Kier molecular flexibility index (Phi) is 5.45. The standard InChI is InChI=1S/C11H15BrN2O4S/c1-9-4-5-10(14(15)16)8-11(9)19(17,18)13(2)7-3-6-12/h4-5,8H,3,6-7H2,1-2H3. The van der Waals surface area contributed by atoms with E-state index in [2.05, 4.69) is 15.9 Å². The van der Waals surface area contributed by atoms with Crippen LogP contribution in [0.15, 0.2) is 23.1 Å². The molecule has 1 aromatic carbocycles. The highest BCUT2D eigenvalue weighted by atomic mass is 79.9. The first-order chi connectivity index (χ1) is 8.80. The van der Waals surface area contributed by atoms with Gasteiger partial charge in [-0.25, -0.2) is 12.7 Å². The van der Waals surface area contributed by atoms with E-state index in [1.807, 2.05) is 0 Å². The lowest BCUT2D eigenvalue weighted by atomic mass is 10.2. The van der Waals surface area contributed by atoms with Crippen LogP contribution in [0.3, 0.4) is 0 Å². The molecule has 0 unspecified atom stereocenters. The summed E-state index contributed by atoms with van der Waals surface area (Å²) in [6.45, 7) is 1.98. The topological polar surface area (TPSA) is 80.5 Å². The van der Waals surface area contributed by atoms with E-state index in [1.54, 1.807) is 6.92 Å². The summed E-state index contributed by atoms with van der Waals surface area (Å²) in [5.74, 6) is 0. The summed E-state index contributed by atoms with van der Waals surface area (Å²) in [7, 11) is -2.22. The second-order valence-corrected chi connectivity index (χ2v) is 6.88. The van der Waals surface area contributed by atoms with Gasteiger partial charge in [-0.15, -0.1) is 0 Å². The molecule has 0 aromatic heterocycles. The quantitative estimate of drug-likeness (QED) is 0.447. The first-order valence-corrected chi connectivity index (χ1v) is 8.14. The normalized spacial score (nSPS) is 11.8. The highest BCUT2D eigenvalue weighted by Gasteiger charge is 2.24. The van der Waals surface area contributed by atoms with Crippen LogP contribution in [0, 0.1) is 17.0 Å². The molecule has 1 rings (SSSR count). The molecule has 0 saturated heterocycles. The smallest absolute Gasteiger partial charge is 0.258 e. The lowest BCUT2D eigenvalue weighted by Gasteiger charge is -2.17. The number of sulfonamides is 1. The zero-order valence-electron chi connectivity index (χ0n) is 10.7. The largest absolute Gasteiger partial charge is 0.270 e. The van der Waals surface area contributed by atoms with Crippen LogP contribution in [-0.2, 0) is 10.0 Å². The van der Waals surface area contributed by atoms with E-state index in [0.717, 1.165) is 6.07 Å². The Labute approximate surface area is 120 Å². The predicted octanol–water partition coefficient (Wildman–Crippen LogP) is 2.31. The van der Waals surface area contributed by atoms with E-state index in [4.69, 9.17) is 0 Å². The number of nitro groups is 1. The molecule has 0 aliphatic heterocycles. The van der Waals surface area contributed by atoms with Crippen LogP contribution in [0.5, 0.6) is 0 Å². The summed E-state index contributed by atoms with van der Waals surface area (Å²) in [4.78, 5) is 10.1. The number of rotatable bonds is 6. The van der Waals surface area contributed by atoms with Crippen molar-refractivity contribution < 1.29 is 13.3 Å². The molecule has 0 atom stereocenters. The van der Waals surface area contributed by atoms with Gasteiger partial charge in [0.1, 0.15) is 0 Å². The summed E-state index contributed by atoms with van der Waals surface area (Å²) in [6.07, 6.45) is 0.670. The lowest BCUT2D eigenvalue weighted by molar-refractivity contribution is -0.385. The van der Waals surface area contributed by atoms with E-state index < -0.39 is 14.9 Å². The van der Waals surface area contributed by atoms with Crippen LogP contribution in [0.1, 0.15) is 12.0 Å². The summed E-state index contributed by atoms with van der Waals surface area (Å²) in [6, 6.07) is 3.85. The molecule has 0 saturated carbocycles. The van der Waals surface area contributed by atoms with Crippen molar-refractivity contribution in [3.8, 4) is 0 Å². The van der Waals surface area contributed by atoms with Crippen molar-refractivity contribution >= 4 is 31.6 Å². The van der Waals surface area contributed by atoms with Crippen molar-refractivity contribution in [2.45, 2.75) is 18.2 Å². The van der Waals surface area contributed by atoms with Gasteiger partial charge in [0, 0.05) is 31.1 Å². The van der Waals surface area contributed by atoms with Crippen LogP contribution in [-0.4, -0.2) is 36.6 Å². The number of hydrogen-bond donors (Lipinski definition) is 0. The van der Waals surface area contributed by atoms with Crippen molar-refractivity contribution in [3.63, 3.8) is 0 Å². The molecular weight excluding hydrogens is 336 g/mol. The van der Waals surface area contributed by atoms with Crippen molar-refractivity contribution in [2.75, 3.05) is 18.9 Å². The molecule has 0 heterocycles. The third-order valence-corrected chi connectivity index (χ3v) is 5.24. The maximum atomic E-state index is 12.3. The van der Waals surface area contributed by atoms with Crippen molar-refractivity contribution in [1.82, 2.24) is 4.31 Å². The zero-order valence-corrected chi connectivity index (χ0v) is 13.1. The Morgan fingerprint density at radius 3 is 2.58 bits per heavy atom. The van der Waals surface area contributed by atoms with E-state index in [0.29, 0.717) is 23.9 Å². The van der Waals surface area contributed by atoms with Crippen LogP contribution < -0.4 is 0 Å². The third-order valence-electron chi connectivity index (χ3n) is 2.68. The van der Waals surface area contributed by atoms with E-state index in [9.17, 15) is 18.5 Å². The molecule has 0 bridgehead atoms. The molecule has 19 heavy (non-hydrogen) atoms. The summed E-state index contributed by atoms with van der Waals surface area (Å²) in [5, 5.41) is 11.4. The molecule has 0 spiro atoms. The van der Waals surface area contributed by atoms with E-state index >= 15 is 0 Å². The average Bonchev–Trinajstić information content (AvgIpc) is 2.35. The Morgan fingerprint density at radius 1 is 1.42 bits per heavy atom. The maximum Gasteiger partial charge on any atom is 0.270 e. The molecule has 0 N–H and O–H groups in total. The Morgan fingerprint density at radius 2 is 2.05 bits per heavy atom. The third kappa shape index (κ3) is 3.74. The van der Waals surface area contributed by atoms with Gasteiger partial charge in [-0.2, -0.15) is 0 Å². The van der Waals surface area contributed by atoms with Gasteiger partial charge in [0.05, 0.1) is 9.82 Å². The second-order valence-electron chi connectivity index (χ2n) is 4.08. The fourth-order valence-corrected chi connectivity index (χ4v) is 3.25. The Balaban J connectivity index is 3.20. The number of benzene rings is 1. The first-order valence-electron chi connectivity index (χ1n) is 5.58. The summed E-state index contributed by atoms with van der Waals surface area (Å²) >= 11 is 3.24. The molecule has 1 aromatic rings. The molecule has 0 radical (unpaired) electrons. The van der Waals surface area contributed by atoms with Gasteiger partial charge < -0.3 is 0 Å². The number of halogens is 1. The monoisotopic (exact) mass is 350 g/mol. The molecule has 0 aliphatic rings.